The fourth-order valence-electron chi connectivity index (χ4n) is 11.6. The van der Waals surface area contributed by atoms with Crippen LogP contribution in [-0.4, -0.2) is 4.57 Å². The number of rotatable bonds is 7. The largest absolute Gasteiger partial charge is 0.455 e. The standard InChI is InChI=1S/C69H47NO/c1-69(2)63-24-13-12-21-57(63)58-33-29-51(43-64(58)69)56-22-14-23-59-62-42-50(32-36-67(62)71-68(56)59)54-38-52(47-27-25-46(26-28-47)44-15-6-3-7-16-44)37-53(39-54)49-31-35-66-61(41-49)60-40-48(45-17-8-4-9-18-45)30-34-65(60)70(66)55-19-10-5-11-20-55/h3-43H,1-2H3. The summed E-state index contributed by atoms with van der Waals surface area (Å²) in [4.78, 5) is 0. The van der Waals surface area contributed by atoms with Gasteiger partial charge >= 0.3 is 0 Å². The van der Waals surface area contributed by atoms with Crippen molar-refractivity contribution in [2.75, 3.05) is 0 Å². The monoisotopic (exact) mass is 905 g/mol. The minimum atomic E-state index is -0.0887. The van der Waals surface area contributed by atoms with Gasteiger partial charge in [-0.15, -0.1) is 0 Å². The molecule has 0 saturated heterocycles. The maximum absolute atomic E-state index is 6.84. The van der Waals surface area contributed by atoms with Gasteiger partial charge in [-0.1, -0.05) is 190 Å². The highest BCUT2D eigenvalue weighted by Gasteiger charge is 2.35. The molecular weight excluding hydrogens is 859 g/mol. The van der Waals surface area contributed by atoms with Crippen LogP contribution < -0.4 is 0 Å². The van der Waals surface area contributed by atoms with Crippen LogP contribution in [0.15, 0.2) is 253 Å². The Bertz CT molecular complexity index is 4210. The Hall–Kier alpha value is -8.98. The van der Waals surface area contributed by atoms with Crippen LogP contribution in [0.3, 0.4) is 0 Å². The normalized spacial score (nSPS) is 12.8. The lowest BCUT2D eigenvalue weighted by Crippen LogP contribution is -2.14. The number of hydrogen-bond donors (Lipinski definition) is 0. The first-order valence-electron chi connectivity index (χ1n) is 24.6. The highest BCUT2D eigenvalue weighted by atomic mass is 16.3. The summed E-state index contributed by atoms with van der Waals surface area (Å²) in [5.41, 5.74) is 24.7. The molecule has 2 nitrogen and oxygen atoms in total. The second-order valence-electron chi connectivity index (χ2n) is 19.7. The fraction of sp³-hybridized carbons (Fsp3) is 0.0435. The van der Waals surface area contributed by atoms with Crippen molar-refractivity contribution in [2.24, 2.45) is 0 Å². The molecule has 2 heteroatoms. The molecule has 0 aliphatic heterocycles. The molecule has 14 rings (SSSR count). The molecule has 71 heavy (non-hydrogen) atoms. The molecule has 1 aliphatic carbocycles. The second-order valence-corrected chi connectivity index (χ2v) is 19.7. The van der Waals surface area contributed by atoms with Crippen molar-refractivity contribution in [3.05, 3.63) is 260 Å². The topological polar surface area (TPSA) is 18.1 Å². The molecule has 0 N–H and O–H groups in total. The Labute approximate surface area is 413 Å². The van der Waals surface area contributed by atoms with Gasteiger partial charge in [0.25, 0.3) is 0 Å². The van der Waals surface area contributed by atoms with Crippen molar-refractivity contribution >= 4 is 43.7 Å². The zero-order chi connectivity index (χ0) is 47.2. The molecule has 0 spiro atoms. The predicted molar refractivity (Wildman–Crippen MR) is 298 cm³/mol. The van der Waals surface area contributed by atoms with E-state index in [1.807, 2.05) is 0 Å². The number of hydrogen-bond acceptors (Lipinski definition) is 1. The second kappa shape index (κ2) is 16.1. The van der Waals surface area contributed by atoms with Gasteiger partial charge in [-0.05, 0) is 156 Å². The fourth-order valence-corrected chi connectivity index (χ4v) is 11.6. The third-order valence-electron chi connectivity index (χ3n) is 15.2. The Morgan fingerprint density at radius 3 is 1.42 bits per heavy atom. The molecule has 0 saturated carbocycles. The van der Waals surface area contributed by atoms with Crippen molar-refractivity contribution in [1.29, 1.82) is 0 Å². The summed E-state index contributed by atoms with van der Waals surface area (Å²) in [6.45, 7) is 4.69. The van der Waals surface area contributed by atoms with Gasteiger partial charge in [0, 0.05) is 38.2 Å². The summed E-state index contributed by atoms with van der Waals surface area (Å²) in [5.74, 6) is 0. The lowest BCUT2D eigenvalue weighted by atomic mass is 9.81. The Kier molecular flexibility index (Phi) is 9.28. The van der Waals surface area contributed by atoms with E-state index >= 15 is 0 Å². The molecule has 0 amide bonds. The van der Waals surface area contributed by atoms with E-state index in [0.29, 0.717) is 0 Å². The predicted octanol–water partition coefficient (Wildman–Crippen LogP) is 19.0. The first kappa shape index (κ1) is 41.0. The van der Waals surface area contributed by atoms with Gasteiger partial charge in [0.2, 0.25) is 0 Å². The first-order valence-corrected chi connectivity index (χ1v) is 24.6. The van der Waals surface area contributed by atoms with E-state index in [4.69, 9.17) is 4.42 Å². The van der Waals surface area contributed by atoms with Crippen molar-refractivity contribution in [1.82, 2.24) is 4.57 Å². The highest BCUT2D eigenvalue weighted by Crippen LogP contribution is 2.50. The average molecular weight is 906 g/mol. The Morgan fingerprint density at radius 2 is 0.761 bits per heavy atom. The molecule has 2 heterocycles. The number of fused-ring (bicyclic) bond motifs is 9. The van der Waals surface area contributed by atoms with Gasteiger partial charge in [-0.3, -0.25) is 0 Å². The summed E-state index contributed by atoms with van der Waals surface area (Å²) >= 11 is 0. The summed E-state index contributed by atoms with van der Waals surface area (Å²) in [6, 6.07) is 91.2. The van der Waals surface area contributed by atoms with E-state index in [1.165, 1.54) is 83.0 Å². The zero-order valence-electron chi connectivity index (χ0n) is 39.5. The summed E-state index contributed by atoms with van der Waals surface area (Å²) in [7, 11) is 0. The Balaban J connectivity index is 0.924. The quantitative estimate of drug-likeness (QED) is 0.156. The van der Waals surface area contributed by atoms with Crippen LogP contribution in [0.2, 0.25) is 0 Å². The SMILES string of the molecule is CC1(C)c2ccccc2-c2ccc(-c3cccc4c3oc3ccc(-c5cc(-c6ccc(-c7ccccc7)cc6)cc(-c6ccc7c(c6)c6cc(-c8ccccc8)ccc6n7-c6ccccc6)c5)cc34)cc21. The molecule has 0 bridgehead atoms. The van der Waals surface area contributed by atoms with Crippen LogP contribution in [0, 0.1) is 0 Å². The van der Waals surface area contributed by atoms with E-state index in [0.717, 1.165) is 55.4 Å². The third-order valence-corrected chi connectivity index (χ3v) is 15.2. The molecule has 0 fully saturated rings. The van der Waals surface area contributed by atoms with Gasteiger partial charge in [0.15, 0.2) is 0 Å². The van der Waals surface area contributed by atoms with Crippen LogP contribution in [-0.2, 0) is 5.41 Å². The number of furan rings is 1. The molecule has 11 aromatic carbocycles. The maximum Gasteiger partial charge on any atom is 0.143 e. The minimum absolute atomic E-state index is 0.0887. The molecule has 1 aliphatic rings. The number of para-hydroxylation sites is 2. The molecule has 2 aromatic heterocycles. The van der Waals surface area contributed by atoms with E-state index in [2.05, 4.69) is 267 Å². The van der Waals surface area contributed by atoms with Gasteiger partial charge in [-0.25, -0.2) is 0 Å². The molecule has 334 valence electrons. The number of aromatic nitrogens is 1. The molecule has 13 aromatic rings. The molecule has 0 radical (unpaired) electrons. The van der Waals surface area contributed by atoms with Gasteiger partial charge in [0.05, 0.1) is 11.0 Å². The van der Waals surface area contributed by atoms with Crippen LogP contribution in [0.1, 0.15) is 25.0 Å². The molecular formula is C69H47NO. The van der Waals surface area contributed by atoms with Crippen LogP contribution in [0.25, 0.3) is 127 Å². The van der Waals surface area contributed by atoms with Crippen molar-refractivity contribution in [3.63, 3.8) is 0 Å². The van der Waals surface area contributed by atoms with Crippen molar-refractivity contribution < 1.29 is 4.42 Å². The Morgan fingerprint density at radius 1 is 0.296 bits per heavy atom. The molecule has 0 atom stereocenters. The van der Waals surface area contributed by atoms with Crippen molar-refractivity contribution in [2.45, 2.75) is 19.3 Å². The van der Waals surface area contributed by atoms with E-state index in [9.17, 15) is 0 Å². The lowest BCUT2D eigenvalue weighted by Gasteiger charge is -2.22. The van der Waals surface area contributed by atoms with Crippen molar-refractivity contribution in [3.8, 4) is 83.6 Å². The van der Waals surface area contributed by atoms with E-state index < -0.39 is 0 Å². The third kappa shape index (κ3) is 6.71. The zero-order valence-corrected chi connectivity index (χ0v) is 39.5. The number of benzene rings is 11. The van der Waals surface area contributed by atoms with Gasteiger partial charge in [0.1, 0.15) is 11.2 Å². The molecule has 0 unspecified atom stereocenters. The highest BCUT2D eigenvalue weighted by molar-refractivity contribution is 6.13. The van der Waals surface area contributed by atoms with E-state index in [1.54, 1.807) is 0 Å². The number of nitrogens with zero attached hydrogens (tertiary/aromatic N) is 1. The van der Waals surface area contributed by atoms with Crippen LogP contribution >= 0.6 is 0 Å². The summed E-state index contributed by atoms with van der Waals surface area (Å²) in [6.07, 6.45) is 0. The summed E-state index contributed by atoms with van der Waals surface area (Å²) in [5, 5.41) is 4.67. The maximum atomic E-state index is 6.84. The van der Waals surface area contributed by atoms with Crippen LogP contribution in [0.5, 0.6) is 0 Å². The van der Waals surface area contributed by atoms with Gasteiger partial charge in [-0.2, -0.15) is 0 Å². The van der Waals surface area contributed by atoms with Crippen LogP contribution in [0.4, 0.5) is 0 Å². The minimum Gasteiger partial charge on any atom is -0.455 e. The smallest absolute Gasteiger partial charge is 0.143 e. The van der Waals surface area contributed by atoms with E-state index in [-0.39, 0.29) is 5.41 Å². The lowest BCUT2D eigenvalue weighted by molar-refractivity contribution is 0.660. The first-order chi connectivity index (χ1) is 34.9. The van der Waals surface area contributed by atoms with Gasteiger partial charge < -0.3 is 8.98 Å². The average Bonchev–Trinajstić information content (AvgIpc) is 4.05. The summed E-state index contributed by atoms with van der Waals surface area (Å²) < 4.78 is 9.24.